The van der Waals surface area contributed by atoms with Crippen LogP contribution in [0.2, 0.25) is 0 Å². The van der Waals surface area contributed by atoms with Crippen LogP contribution in [0.4, 0.5) is 5.82 Å². The highest BCUT2D eigenvalue weighted by atomic mass is 16.5. The molecule has 1 saturated heterocycles. The maximum atomic E-state index is 12.4. The SMILES string of the molecule is Cn1cc(-c2ccc(N3CCC(c4ccc(OCCn5cncn5)cc4)CC3)nc2)c2cc[nH]c2c1=O. The molecular formula is C28H29N7O2. The Labute approximate surface area is 214 Å². The second kappa shape index (κ2) is 9.93. The summed E-state index contributed by atoms with van der Waals surface area (Å²) < 4.78 is 9.22. The lowest BCUT2D eigenvalue weighted by atomic mass is 9.89. The van der Waals surface area contributed by atoms with E-state index in [2.05, 4.69) is 56.4 Å². The van der Waals surface area contributed by atoms with Crippen molar-refractivity contribution < 1.29 is 4.74 Å². The van der Waals surface area contributed by atoms with Crippen LogP contribution in [0.1, 0.15) is 24.3 Å². The summed E-state index contributed by atoms with van der Waals surface area (Å²) >= 11 is 0. The van der Waals surface area contributed by atoms with Gasteiger partial charge in [-0.05, 0) is 54.7 Å². The number of hydrogen-bond acceptors (Lipinski definition) is 6. The van der Waals surface area contributed by atoms with E-state index in [1.807, 2.05) is 24.7 Å². The van der Waals surface area contributed by atoms with Gasteiger partial charge in [-0.15, -0.1) is 0 Å². The fraction of sp³-hybridized carbons (Fsp3) is 0.286. The Balaban J connectivity index is 1.06. The number of hydrogen-bond donors (Lipinski definition) is 1. The maximum Gasteiger partial charge on any atom is 0.274 e. The van der Waals surface area contributed by atoms with Crippen molar-refractivity contribution in [2.45, 2.75) is 25.3 Å². The fourth-order valence-corrected chi connectivity index (χ4v) is 5.11. The lowest BCUT2D eigenvalue weighted by molar-refractivity contribution is 0.291. The van der Waals surface area contributed by atoms with Gasteiger partial charge < -0.3 is 19.2 Å². The zero-order valence-electron chi connectivity index (χ0n) is 20.7. The molecule has 1 N–H and O–H groups in total. The van der Waals surface area contributed by atoms with Gasteiger partial charge in [0, 0.05) is 55.2 Å². The van der Waals surface area contributed by atoms with Crippen LogP contribution in [0.3, 0.4) is 0 Å². The first-order valence-electron chi connectivity index (χ1n) is 12.6. The van der Waals surface area contributed by atoms with Crippen LogP contribution < -0.4 is 15.2 Å². The number of anilines is 1. The Hall–Kier alpha value is -4.40. The lowest BCUT2D eigenvalue weighted by Gasteiger charge is -2.33. The van der Waals surface area contributed by atoms with Crippen LogP contribution in [-0.4, -0.2) is 49.0 Å². The number of aromatic nitrogens is 6. The third-order valence-corrected chi connectivity index (χ3v) is 7.18. The number of nitrogens with zero attached hydrogens (tertiary/aromatic N) is 6. The molecule has 0 aliphatic carbocycles. The predicted octanol–water partition coefficient (Wildman–Crippen LogP) is 3.98. The molecule has 6 rings (SSSR count). The number of ether oxygens (including phenoxy) is 1. The Morgan fingerprint density at radius 2 is 1.92 bits per heavy atom. The molecule has 1 aliphatic heterocycles. The predicted molar refractivity (Wildman–Crippen MR) is 143 cm³/mol. The molecule has 0 radical (unpaired) electrons. The summed E-state index contributed by atoms with van der Waals surface area (Å²) in [6, 6.07) is 14.6. The summed E-state index contributed by atoms with van der Waals surface area (Å²) in [5, 5.41) is 5.01. The molecule has 0 atom stereocenters. The van der Waals surface area contributed by atoms with Gasteiger partial charge in [-0.1, -0.05) is 12.1 Å². The van der Waals surface area contributed by atoms with E-state index < -0.39 is 0 Å². The number of rotatable bonds is 7. The molecule has 5 aromatic rings. The van der Waals surface area contributed by atoms with Crippen LogP contribution in [-0.2, 0) is 13.6 Å². The van der Waals surface area contributed by atoms with Crippen molar-refractivity contribution in [3.05, 3.63) is 89.6 Å². The molecule has 0 amide bonds. The highest BCUT2D eigenvalue weighted by Gasteiger charge is 2.22. The summed E-state index contributed by atoms with van der Waals surface area (Å²) in [6.45, 7) is 3.17. The molecule has 1 fully saturated rings. The smallest absolute Gasteiger partial charge is 0.274 e. The molecule has 1 aliphatic rings. The minimum atomic E-state index is -0.0264. The Bertz CT molecular complexity index is 1530. The van der Waals surface area contributed by atoms with Gasteiger partial charge >= 0.3 is 0 Å². The van der Waals surface area contributed by atoms with Gasteiger partial charge in [-0.3, -0.25) is 4.79 Å². The highest BCUT2D eigenvalue weighted by Crippen LogP contribution is 2.32. The van der Waals surface area contributed by atoms with Crippen molar-refractivity contribution in [1.82, 2.24) is 29.3 Å². The summed E-state index contributed by atoms with van der Waals surface area (Å²) in [4.78, 5) is 26.5. The van der Waals surface area contributed by atoms with E-state index in [1.165, 1.54) is 11.9 Å². The molecule has 0 spiro atoms. The van der Waals surface area contributed by atoms with Gasteiger partial charge in [0.05, 0.1) is 6.54 Å². The Morgan fingerprint density at radius 1 is 1.08 bits per heavy atom. The summed E-state index contributed by atoms with van der Waals surface area (Å²) in [5.41, 5.74) is 3.96. The minimum absolute atomic E-state index is 0.0264. The minimum Gasteiger partial charge on any atom is -0.492 e. The average Bonchev–Trinajstić information content (AvgIpc) is 3.65. The number of fused-ring (bicyclic) bond motifs is 1. The van der Waals surface area contributed by atoms with Crippen molar-refractivity contribution >= 4 is 16.7 Å². The van der Waals surface area contributed by atoms with E-state index in [0.29, 0.717) is 24.6 Å². The molecule has 5 heterocycles. The van der Waals surface area contributed by atoms with Crippen LogP contribution in [0, 0.1) is 0 Å². The van der Waals surface area contributed by atoms with Gasteiger partial charge in [0.15, 0.2) is 0 Å². The average molecular weight is 496 g/mol. The second-order valence-electron chi connectivity index (χ2n) is 9.47. The van der Waals surface area contributed by atoms with Crippen LogP contribution in [0.25, 0.3) is 22.0 Å². The first-order valence-corrected chi connectivity index (χ1v) is 12.6. The number of aromatic amines is 1. The van der Waals surface area contributed by atoms with Gasteiger partial charge in [-0.25, -0.2) is 14.6 Å². The Kier molecular flexibility index (Phi) is 6.18. The largest absolute Gasteiger partial charge is 0.492 e. The molecule has 0 saturated carbocycles. The first-order chi connectivity index (χ1) is 18.2. The van der Waals surface area contributed by atoms with E-state index in [1.54, 1.807) is 22.6 Å². The van der Waals surface area contributed by atoms with E-state index in [0.717, 1.165) is 54.0 Å². The van der Waals surface area contributed by atoms with Crippen molar-refractivity contribution in [3.63, 3.8) is 0 Å². The normalized spacial score (nSPS) is 14.4. The maximum absolute atomic E-state index is 12.4. The molecule has 4 aromatic heterocycles. The van der Waals surface area contributed by atoms with Crippen molar-refractivity contribution in [1.29, 1.82) is 0 Å². The van der Waals surface area contributed by atoms with Crippen molar-refractivity contribution in [3.8, 4) is 16.9 Å². The molecule has 37 heavy (non-hydrogen) atoms. The molecule has 9 heteroatoms. The number of H-pyrrole nitrogens is 1. The van der Waals surface area contributed by atoms with Crippen LogP contribution >= 0.6 is 0 Å². The van der Waals surface area contributed by atoms with Gasteiger partial charge in [0.1, 0.15) is 36.3 Å². The van der Waals surface area contributed by atoms with E-state index in [9.17, 15) is 4.79 Å². The number of benzene rings is 1. The Morgan fingerprint density at radius 3 is 2.65 bits per heavy atom. The van der Waals surface area contributed by atoms with Crippen LogP contribution in [0.15, 0.2) is 78.5 Å². The summed E-state index contributed by atoms with van der Waals surface area (Å²) in [5.74, 6) is 2.40. The molecule has 1 aromatic carbocycles. The number of aryl methyl sites for hydroxylation is 1. The molecule has 0 unspecified atom stereocenters. The topological polar surface area (TPSA) is 93.9 Å². The zero-order valence-corrected chi connectivity index (χ0v) is 20.7. The van der Waals surface area contributed by atoms with Crippen molar-refractivity contribution in [2.24, 2.45) is 7.05 Å². The van der Waals surface area contributed by atoms with E-state index >= 15 is 0 Å². The number of piperidine rings is 1. The van der Waals surface area contributed by atoms with Gasteiger partial charge in [0.25, 0.3) is 5.56 Å². The number of pyridine rings is 2. The summed E-state index contributed by atoms with van der Waals surface area (Å²) in [6.07, 6.45) is 11.0. The van der Waals surface area contributed by atoms with Gasteiger partial charge in [0.2, 0.25) is 0 Å². The standard InChI is InChI=1S/C28H29N7O2/c1-33-17-25(24-8-11-30-27(24)28(33)36)22-4-7-26(31-16-22)34-12-9-21(10-13-34)20-2-5-23(6-3-20)37-15-14-35-19-29-18-32-35/h2-8,11,16-19,21,30H,9-10,12-15H2,1H3. The fourth-order valence-electron chi connectivity index (χ4n) is 5.11. The van der Waals surface area contributed by atoms with Crippen molar-refractivity contribution in [2.75, 3.05) is 24.6 Å². The second-order valence-corrected chi connectivity index (χ2v) is 9.47. The van der Waals surface area contributed by atoms with Gasteiger partial charge in [-0.2, -0.15) is 5.10 Å². The monoisotopic (exact) mass is 495 g/mol. The quantitative estimate of drug-likeness (QED) is 0.367. The lowest BCUT2D eigenvalue weighted by Crippen LogP contribution is -2.33. The molecule has 9 nitrogen and oxygen atoms in total. The third kappa shape index (κ3) is 4.72. The van der Waals surface area contributed by atoms with E-state index in [-0.39, 0.29) is 5.56 Å². The number of nitrogens with one attached hydrogen (secondary N) is 1. The zero-order chi connectivity index (χ0) is 25.2. The molecule has 0 bridgehead atoms. The first kappa shape index (κ1) is 23.0. The highest BCUT2D eigenvalue weighted by molar-refractivity contribution is 5.94. The summed E-state index contributed by atoms with van der Waals surface area (Å²) in [7, 11) is 1.78. The molecular weight excluding hydrogens is 466 g/mol. The third-order valence-electron chi connectivity index (χ3n) is 7.18. The van der Waals surface area contributed by atoms with Crippen LogP contribution in [0.5, 0.6) is 5.75 Å². The molecule has 188 valence electrons. The van der Waals surface area contributed by atoms with E-state index in [4.69, 9.17) is 9.72 Å².